The van der Waals surface area contributed by atoms with E-state index in [-0.39, 0.29) is 19.1 Å². The summed E-state index contributed by atoms with van der Waals surface area (Å²) in [6, 6.07) is 11.7. The van der Waals surface area contributed by atoms with Crippen molar-refractivity contribution in [3.63, 3.8) is 0 Å². The van der Waals surface area contributed by atoms with E-state index in [4.69, 9.17) is 14.7 Å². The van der Waals surface area contributed by atoms with E-state index >= 15 is 0 Å². The minimum atomic E-state index is -0.498. The highest BCUT2D eigenvalue weighted by Crippen LogP contribution is 2.32. The Hall–Kier alpha value is -3.06. The number of carbonyl (C=O) groups excluding carboxylic acids is 2. The van der Waals surface area contributed by atoms with Crippen LogP contribution in [0.4, 0.5) is 5.69 Å². The van der Waals surface area contributed by atoms with Crippen LogP contribution >= 0.6 is 0 Å². The lowest BCUT2D eigenvalue weighted by Gasteiger charge is -2.07. The number of carbonyl (C=O) groups is 2. The molecule has 3 N–H and O–H groups in total. The molecule has 0 aromatic heterocycles. The molecule has 1 aliphatic heterocycles. The number of hydrogen-bond acceptors (Lipinski definition) is 5. The maximum Gasteiger partial charge on any atom is 0.255 e. The summed E-state index contributed by atoms with van der Waals surface area (Å²) in [5.41, 5.74) is 3.35. The van der Waals surface area contributed by atoms with E-state index < -0.39 is 5.91 Å². The molecule has 2 amide bonds. The van der Waals surface area contributed by atoms with Crippen molar-refractivity contribution in [2.75, 3.05) is 12.1 Å². The van der Waals surface area contributed by atoms with Crippen molar-refractivity contribution < 1.29 is 24.3 Å². The summed E-state index contributed by atoms with van der Waals surface area (Å²) in [6.07, 6.45) is 0.0624. The molecule has 3 rings (SSSR count). The molecule has 118 valence electrons. The van der Waals surface area contributed by atoms with Crippen molar-refractivity contribution in [3.05, 3.63) is 53.6 Å². The third kappa shape index (κ3) is 3.41. The number of anilines is 1. The quantitative estimate of drug-likeness (QED) is 0.590. The minimum Gasteiger partial charge on any atom is -0.454 e. The molecule has 0 unspecified atom stereocenters. The molecule has 0 saturated heterocycles. The number of ether oxygens (including phenoxy) is 2. The van der Waals surface area contributed by atoms with Crippen LogP contribution in [-0.4, -0.2) is 23.8 Å². The first-order valence-electron chi connectivity index (χ1n) is 6.88. The van der Waals surface area contributed by atoms with Crippen LogP contribution in [0.1, 0.15) is 15.9 Å². The number of fused-ring (bicyclic) bond motifs is 1. The Labute approximate surface area is 131 Å². The maximum absolute atomic E-state index is 12.2. The van der Waals surface area contributed by atoms with Gasteiger partial charge in [-0.05, 0) is 35.9 Å². The van der Waals surface area contributed by atoms with Gasteiger partial charge in [0.05, 0.1) is 6.42 Å². The summed E-state index contributed by atoms with van der Waals surface area (Å²) in [7, 11) is 0. The SMILES string of the molecule is O=C(Cc1ccc(NC(=O)c2ccc3c(c2)OCO3)cc1)NO. The monoisotopic (exact) mass is 314 g/mol. The van der Waals surface area contributed by atoms with Gasteiger partial charge in [0.25, 0.3) is 5.91 Å². The average molecular weight is 314 g/mol. The van der Waals surface area contributed by atoms with Gasteiger partial charge < -0.3 is 14.8 Å². The summed E-state index contributed by atoms with van der Waals surface area (Å²) < 4.78 is 10.4. The Kier molecular flexibility index (Phi) is 4.11. The van der Waals surface area contributed by atoms with Crippen molar-refractivity contribution in [1.82, 2.24) is 5.48 Å². The molecule has 0 radical (unpaired) electrons. The molecule has 0 fully saturated rings. The number of benzene rings is 2. The number of nitrogens with one attached hydrogen (secondary N) is 2. The second-order valence-corrected chi connectivity index (χ2v) is 4.93. The van der Waals surface area contributed by atoms with Gasteiger partial charge in [0, 0.05) is 11.3 Å². The highest BCUT2D eigenvalue weighted by Gasteiger charge is 2.16. The number of hydrogen-bond donors (Lipinski definition) is 3. The van der Waals surface area contributed by atoms with Crippen LogP contribution in [0.2, 0.25) is 0 Å². The lowest BCUT2D eigenvalue weighted by atomic mass is 10.1. The molecule has 1 aliphatic rings. The molecule has 7 nitrogen and oxygen atoms in total. The van der Waals surface area contributed by atoms with Crippen molar-refractivity contribution >= 4 is 17.5 Å². The third-order valence-electron chi connectivity index (χ3n) is 3.34. The molecular formula is C16H14N2O5. The number of hydroxylamine groups is 1. The van der Waals surface area contributed by atoms with Crippen molar-refractivity contribution in [2.24, 2.45) is 0 Å². The number of rotatable bonds is 4. The van der Waals surface area contributed by atoms with Gasteiger partial charge in [0.2, 0.25) is 12.7 Å². The normalized spacial score (nSPS) is 11.9. The predicted molar refractivity (Wildman–Crippen MR) is 80.6 cm³/mol. The fourth-order valence-corrected chi connectivity index (χ4v) is 2.17. The topological polar surface area (TPSA) is 96.9 Å². The zero-order chi connectivity index (χ0) is 16.2. The second kappa shape index (κ2) is 6.37. The van der Waals surface area contributed by atoms with E-state index in [1.54, 1.807) is 47.9 Å². The van der Waals surface area contributed by atoms with Gasteiger partial charge in [-0.25, -0.2) is 5.48 Å². The van der Waals surface area contributed by atoms with Crippen LogP contribution in [0, 0.1) is 0 Å². The van der Waals surface area contributed by atoms with Crippen LogP contribution in [0.3, 0.4) is 0 Å². The molecule has 2 aromatic rings. The smallest absolute Gasteiger partial charge is 0.255 e. The van der Waals surface area contributed by atoms with Gasteiger partial charge in [-0.3, -0.25) is 14.8 Å². The van der Waals surface area contributed by atoms with Gasteiger partial charge in [0.1, 0.15) is 0 Å². The minimum absolute atomic E-state index is 0.0624. The van der Waals surface area contributed by atoms with Crippen LogP contribution in [-0.2, 0) is 11.2 Å². The standard InChI is InChI=1S/C16H14N2O5/c19-15(18-21)7-10-1-4-12(5-2-10)17-16(20)11-3-6-13-14(8-11)23-9-22-13/h1-6,8,21H,7,9H2,(H,17,20)(H,18,19). The molecule has 2 aromatic carbocycles. The summed E-state index contributed by atoms with van der Waals surface area (Å²) in [4.78, 5) is 23.3. The second-order valence-electron chi connectivity index (χ2n) is 4.93. The fourth-order valence-electron chi connectivity index (χ4n) is 2.17. The summed E-state index contributed by atoms with van der Waals surface area (Å²) in [6.45, 7) is 0.156. The predicted octanol–water partition coefficient (Wildman–Crippen LogP) is 1.72. The Morgan fingerprint density at radius 1 is 1.04 bits per heavy atom. The van der Waals surface area contributed by atoms with Crippen LogP contribution in [0.25, 0.3) is 0 Å². The summed E-state index contributed by atoms with van der Waals surface area (Å²) in [5, 5.41) is 11.2. The Balaban J connectivity index is 1.67. The van der Waals surface area contributed by atoms with E-state index in [2.05, 4.69) is 5.32 Å². The van der Waals surface area contributed by atoms with Gasteiger partial charge in [-0.2, -0.15) is 0 Å². The van der Waals surface area contributed by atoms with E-state index in [0.717, 1.165) is 5.56 Å². The Bertz CT molecular complexity index is 743. The summed E-state index contributed by atoms with van der Waals surface area (Å²) >= 11 is 0. The zero-order valence-electron chi connectivity index (χ0n) is 12.0. The molecule has 0 atom stereocenters. The Morgan fingerprint density at radius 2 is 1.78 bits per heavy atom. The molecule has 0 bridgehead atoms. The lowest BCUT2D eigenvalue weighted by Crippen LogP contribution is -2.20. The Morgan fingerprint density at radius 3 is 2.52 bits per heavy atom. The zero-order valence-corrected chi connectivity index (χ0v) is 12.0. The summed E-state index contributed by atoms with van der Waals surface area (Å²) in [5.74, 6) is 0.391. The maximum atomic E-state index is 12.2. The number of amides is 2. The van der Waals surface area contributed by atoms with E-state index in [1.165, 1.54) is 0 Å². The highest BCUT2D eigenvalue weighted by atomic mass is 16.7. The van der Waals surface area contributed by atoms with Crippen LogP contribution in [0.5, 0.6) is 11.5 Å². The van der Waals surface area contributed by atoms with Crippen molar-refractivity contribution in [3.8, 4) is 11.5 Å². The van der Waals surface area contributed by atoms with Crippen LogP contribution in [0.15, 0.2) is 42.5 Å². The largest absolute Gasteiger partial charge is 0.454 e. The first kappa shape index (κ1) is 14.9. The van der Waals surface area contributed by atoms with Crippen molar-refractivity contribution in [1.29, 1.82) is 0 Å². The van der Waals surface area contributed by atoms with Gasteiger partial charge >= 0.3 is 0 Å². The average Bonchev–Trinajstić information content (AvgIpc) is 3.04. The third-order valence-corrected chi connectivity index (χ3v) is 3.34. The van der Waals surface area contributed by atoms with Gasteiger partial charge in [0.15, 0.2) is 11.5 Å². The molecule has 0 aliphatic carbocycles. The first-order chi connectivity index (χ1) is 11.2. The van der Waals surface area contributed by atoms with Gasteiger partial charge in [-0.15, -0.1) is 0 Å². The lowest BCUT2D eigenvalue weighted by molar-refractivity contribution is -0.128. The van der Waals surface area contributed by atoms with E-state index in [0.29, 0.717) is 22.7 Å². The molecule has 7 heteroatoms. The molecule has 0 saturated carbocycles. The fraction of sp³-hybridized carbons (Fsp3) is 0.125. The molecular weight excluding hydrogens is 300 g/mol. The highest BCUT2D eigenvalue weighted by molar-refractivity contribution is 6.04. The van der Waals surface area contributed by atoms with E-state index in [9.17, 15) is 9.59 Å². The van der Waals surface area contributed by atoms with E-state index in [1.807, 2.05) is 0 Å². The van der Waals surface area contributed by atoms with Gasteiger partial charge in [-0.1, -0.05) is 12.1 Å². The molecule has 23 heavy (non-hydrogen) atoms. The van der Waals surface area contributed by atoms with Crippen LogP contribution < -0.4 is 20.3 Å². The first-order valence-corrected chi connectivity index (χ1v) is 6.88. The molecule has 1 heterocycles. The molecule has 0 spiro atoms. The van der Waals surface area contributed by atoms with Crippen molar-refractivity contribution in [2.45, 2.75) is 6.42 Å².